The van der Waals surface area contributed by atoms with E-state index in [1.807, 2.05) is 19.9 Å². The van der Waals surface area contributed by atoms with Gasteiger partial charge in [0.05, 0.1) is 0 Å². The van der Waals surface area contributed by atoms with E-state index in [9.17, 15) is 0 Å². The quantitative estimate of drug-likeness (QED) is 0.540. The summed E-state index contributed by atoms with van der Waals surface area (Å²) in [6, 6.07) is 0. The topological polar surface area (TPSA) is 26.0 Å². The fraction of sp³-hybridized carbons (Fsp3) is 0.750. The van der Waals surface area contributed by atoms with Crippen LogP contribution in [0.4, 0.5) is 0 Å². The van der Waals surface area contributed by atoms with Crippen LogP contribution >= 0.6 is 0 Å². The number of hydrogen-bond acceptors (Lipinski definition) is 1. The van der Waals surface area contributed by atoms with Crippen LogP contribution in [0.2, 0.25) is 0 Å². The molecule has 58 valence electrons. The van der Waals surface area contributed by atoms with Crippen molar-refractivity contribution < 1.29 is 1.43 Å². The first-order valence-corrected chi connectivity index (χ1v) is 3.46. The normalized spacial score (nSPS) is 10.8. The third kappa shape index (κ3) is 18.5. The number of nitrogens with two attached hydrogens (primary N) is 1. The molecule has 0 saturated carbocycles. The molecule has 0 spiro atoms. The highest BCUT2D eigenvalue weighted by Gasteiger charge is 2.01. The van der Waals surface area contributed by atoms with Gasteiger partial charge in [-0.05, 0) is 11.6 Å². The van der Waals surface area contributed by atoms with E-state index in [2.05, 4.69) is 20.8 Å². The molecule has 0 bridgehead atoms. The lowest BCUT2D eigenvalue weighted by Crippen LogP contribution is -1.99. The molecule has 1 nitrogen and oxygen atoms in total. The maximum Gasteiger partial charge on any atom is 0 e. The van der Waals surface area contributed by atoms with Crippen molar-refractivity contribution in [1.29, 1.82) is 0 Å². The molecule has 0 aliphatic heterocycles. The van der Waals surface area contributed by atoms with Gasteiger partial charge in [0.25, 0.3) is 0 Å². The van der Waals surface area contributed by atoms with Gasteiger partial charge in [-0.2, -0.15) is 0 Å². The first-order chi connectivity index (χ1) is 4.06. The first kappa shape index (κ1) is 11.4. The second-order valence-corrected chi connectivity index (χ2v) is 2.73. The molecule has 0 aromatic rings. The summed E-state index contributed by atoms with van der Waals surface area (Å²) in [5.41, 5.74) is 5.38. The second kappa shape index (κ2) is 5.67. The number of hydrogen-bond donors (Lipinski definition) is 1. The standard InChI is InChI=1S/C6H13N.C2H6.H2/c1-6(2,3)4-5-7;1-2;/h4-5H,7H2,1-3H3;1-2H3;1H/b5-4+;;/i;;1+2. The summed E-state index contributed by atoms with van der Waals surface area (Å²) in [5.74, 6) is 0. The van der Waals surface area contributed by atoms with E-state index in [0.29, 0.717) is 0 Å². The summed E-state index contributed by atoms with van der Waals surface area (Å²) in [5, 5.41) is 0. The Morgan fingerprint density at radius 2 is 1.56 bits per heavy atom. The van der Waals surface area contributed by atoms with E-state index in [0.717, 1.165) is 0 Å². The minimum absolute atomic E-state index is 0. The summed E-state index contributed by atoms with van der Waals surface area (Å²) in [6.07, 6.45) is 3.55. The van der Waals surface area contributed by atoms with Crippen molar-refractivity contribution in [3.8, 4) is 0 Å². The van der Waals surface area contributed by atoms with Gasteiger partial charge in [-0.15, -0.1) is 0 Å². The maximum atomic E-state index is 5.13. The monoisotopic (exact) mass is 133 g/mol. The lowest BCUT2D eigenvalue weighted by atomic mass is 9.97. The molecule has 0 fully saturated rings. The summed E-state index contributed by atoms with van der Waals surface area (Å²) in [6.45, 7) is 10.3. The molecule has 9 heavy (non-hydrogen) atoms. The van der Waals surface area contributed by atoms with Crippen LogP contribution in [0, 0.1) is 5.41 Å². The second-order valence-electron chi connectivity index (χ2n) is 2.73. The fourth-order valence-electron chi connectivity index (χ4n) is 0.289. The largest absolute Gasteiger partial charge is 0.405 e. The predicted molar refractivity (Wildman–Crippen MR) is 46.2 cm³/mol. The molecule has 0 atom stereocenters. The van der Waals surface area contributed by atoms with Crippen molar-refractivity contribution in [3.63, 3.8) is 0 Å². The molecule has 0 aliphatic rings. The van der Waals surface area contributed by atoms with Gasteiger partial charge in [-0.3, -0.25) is 0 Å². The predicted octanol–water partition coefficient (Wildman–Crippen LogP) is 2.78. The molecule has 0 saturated heterocycles. The first-order valence-electron chi connectivity index (χ1n) is 3.46. The van der Waals surface area contributed by atoms with Gasteiger partial charge in [0.2, 0.25) is 0 Å². The van der Waals surface area contributed by atoms with Gasteiger partial charge in [0.15, 0.2) is 0 Å². The smallest absolute Gasteiger partial charge is 0 e. The third-order valence-corrected chi connectivity index (χ3v) is 0.596. The SMILES string of the molecule is CC.CC(C)(C)/C=C/N.[3HH]. The zero-order valence-corrected chi connectivity index (χ0v) is 7.23. The van der Waals surface area contributed by atoms with Crippen LogP contribution in [-0.2, 0) is 0 Å². The van der Waals surface area contributed by atoms with E-state index in [1.165, 1.54) is 0 Å². The van der Waals surface area contributed by atoms with Crippen molar-refractivity contribution in [3.05, 3.63) is 12.3 Å². The van der Waals surface area contributed by atoms with E-state index >= 15 is 0 Å². The zero-order chi connectivity index (χ0) is 7.91. The van der Waals surface area contributed by atoms with Gasteiger partial charge < -0.3 is 5.73 Å². The van der Waals surface area contributed by atoms with Crippen molar-refractivity contribution in [1.82, 2.24) is 0 Å². The van der Waals surface area contributed by atoms with Gasteiger partial charge in [0.1, 0.15) is 0 Å². The molecule has 0 aliphatic carbocycles. The van der Waals surface area contributed by atoms with Crippen LogP contribution in [0.5, 0.6) is 0 Å². The van der Waals surface area contributed by atoms with Gasteiger partial charge in [0, 0.05) is 1.43 Å². The molecule has 0 rings (SSSR count). The zero-order valence-electron chi connectivity index (χ0n) is 7.23. The van der Waals surface area contributed by atoms with Crippen LogP contribution < -0.4 is 5.73 Å². The van der Waals surface area contributed by atoms with Crippen LogP contribution in [0.1, 0.15) is 36.0 Å². The van der Waals surface area contributed by atoms with Crippen LogP contribution in [0.3, 0.4) is 0 Å². The minimum atomic E-state index is 0. The molecule has 0 unspecified atom stereocenters. The minimum Gasteiger partial charge on any atom is -0.405 e. The van der Waals surface area contributed by atoms with Gasteiger partial charge >= 0.3 is 0 Å². The Balaban J connectivity index is -0.000000149. The Labute approximate surface area is 60.4 Å². The van der Waals surface area contributed by atoms with Crippen molar-refractivity contribution in [2.75, 3.05) is 0 Å². The van der Waals surface area contributed by atoms with E-state index in [4.69, 9.17) is 5.73 Å². The molecule has 0 aromatic heterocycles. The molecule has 0 radical (unpaired) electrons. The molecule has 0 amide bonds. The summed E-state index contributed by atoms with van der Waals surface area (Å²) in [4.78, 5) is 0. The van der Waals surface area contributed by atoms with Gasteiger partial charge in [-0.1, -0.05) is 40.7 Å². The molecular weight excluding hydrogens is 110 g/mol. The summed E-state index contributed by atoms with van der Waals surface area (Å²) in [7, 11) is 0. The van der Waals surface area contributed by atoms with Crippen LogP contribution in [-0.4, -0.2) is 0 Å². The molecule has 2 N–H and O–H groups in total. The van der Waals surface area contributed by atoms with E-state index < -0.39 is 0 Å². The summed E-state index contributed by atoms with van der Waals surface area (Å²) < 4.78 is 0. The van der Waals surface area contributed by atoms with E-state index in [1.54, 1.807) is 6.20 Å². The maximum absolute atomic E-state index is 5.13. The van der Waals surface area contributed by atoms with Crippen molar-refractivity contribution in [2.45, 2.75) is 34.6 Å². The number of rotatable bonds is 0. The average Bonchev–Trinajstić information content (AvgIpc) is 1.69. The average molecular weight is 133 g/mol. The van der Waals surface area contributed by atoms with Crippen LogP contribution in [0.15, 0.2) is 12.3 Å². The Bertz CT molecular complexity index is 71.8. The molecule has 0 aromatic carbocycles. The highest BCUT2D eigenvalue weighted by Crippen LogP contribution is 2.12. The Hall–Kier alpha value is -0.460. The Morgan fingerprint density at radius 1 is 1.22 bits per heavy atom. The number of allylic oxidation sites excluding steroid dienone is 1. The Kier molecular flexibility index (Phi) is 7.15. The van der Waals surface area contributed by atoms with Gasteiger partial charge in [-0.25, -0.2) is 0 Å². The lowest BCUT2D eigenvalue weighted by Gasteiger charge is -2.09. The molecular formula is C8H21N. The van der Waals surface area contributed by atoms with Crippen molar-refractivity contribution in [2.24, 2.45) is 11.1 Å². The highest BCUT2D eigenvalue weighted by molar-refractivity contribution is 4.88. The third-order valence-electron chi connectivity index (χ3n) is 0.596. The lowest BCUT2D eigenvalue weighted by molar-refractivity contribution is 0.543. The summed E-state index contributed by atoms with van der Waals surface area (Å²) >= 11 is 0. The highest BCUT2D eigenvalue weighted by atomic mass is 14.5. The van der Waals surface area contributed by atoms with Crippen molar-refractivity contribution >= 4 is 0 Å². The fourth-order valence-corrected chi connectivity index (χ4v) is 0.289. The molecule has 0 heterocycles. The Morgan fingerprint density at radius 3 is 1.56 bits per heavy atom. The van der Waals surface area contributed by atoms with E-state index in [-0.39, 0.29) is 6.84 Å². The van der Waals surface area contributed by atoms with Crippen LogP contribution in [0.25, 0.3) is 0 Å². The molecule has 1 heteroatoms.